The van der Waals surface area contributed by atoms with Crippen LogP contribution in [0.4, 0.5) is 0 Å². The highest BCUT2D eigenvalue weighted by atomic mass is 32.2. The minimum Gasteiger partial charge on any atom is -0.207 e. The number of benzene rings is 2. The average molecular weight is 395 g/mol. The minimum absolute atomic E-state index is 0.0483. The van der Waals surface area contributed by atoms with Gasteiger partial charge in [0.25, 0.3) is 0 Å². The van der Waals surface area contributed by atoms with Crippen LogP contribution in [0.3, 0.4) is 0 Å². The maximum atomic E-state index is 12.8. The Morgan fingerprint density at radius 1 is 1.00 bits per heavy atom. The second kappa shape index (κ2) is 6.77. The van der Waals surface area contributed by atoms with Crippen LogP contribution < -0.4 is 4.72 Å². The van der Waals surface area contributed by atoms with Gasteiger partial charge < -0.3 is 0 Å². The van der Waals surface area contributed by atoms with E-state index >= 15 is 0 Å². The molecule has 1 N–H and O–H groups in total. The Hall–Kier alpha value is -1.74. The molecule has 0 spiro atoms. The van der Waals surface area contributed by atoms with Gasteiger partial charge >= 0.3 is 0 Å². The molecule has 2 aromatic rings. The Kier molecular flexibility index (Phi) is 4.96. The van der Waals surface area contributed by atoms with Crippen molar-refractivity contribution in [1.29, 1.82) is 0 Å². The van der Waals surface area contributed by atoms with Gasteiger partial charge in [-0.15, -0.1) is 0 Å². The smallest absolute Gasteiger partial charge is 0.207 e. The lowest BCUT2D eigenvalue weighted by atomic mass is 10.1. The zero-order valence-electron chi connectivity index (χ0n) is 14.9. The number of nitrogens with one attached hydrogen (secondary N) is 1. The van der Waals surface area contributed by atoms with Gasteiger partial charge in [0.05, 0.1) is 9.79 Å². The van der Waals surface area contributed by atoms with Gasteiger partial charge in [0.2, 0.25) is 20.0 Å². The van der Waals surface area contributed by atoms with Gasteiger partial charge in [0.1, 0.15) is 0 Å². The fraction of sp³-hybridized carbons (Fsp3) is 0.333. The molecule has 3 rings (SSSR count). The van der Waals surface area contributed by atoms with Crippen molar-refractivity contribution in [3.63, 3.8) is 0 Å². The fourth-order valence-corrected chi connectivity index (χ4v) is 5.45. The van der Waals surface area contributed by atoms with E-state index in [1.54, 1.807) is 0 Å². The lowest BCUT2D eigenvalue weighted by Crippen LogP contribution is -2.28. The third kappa shape index (κ3) is 3.55. The standard InChI is InChI=1S/C18H22N2O4S2/c1-13-7-9-17-14(11-13)8-10-18(17)19-25(21,22)15-5-4-6-16(12-15)26(23,24)20(2)3/h4-7,9,11-12,18-19H,8,10H2,1-3H3. The Balaban J connectivity index is 1.91. The average Bonchev–Trinajstić information content (AvgIpc) is 2.96. The summed E-state index contributed by atoms with van der Waals surface area (Å²) in [6.45, 7) is 2.01. The topological polar surface area (TPSA) is 83.5 Å². The van der Waals surface area contributed by atoms with Gasteiger partial charge in [-0.1, -0.05) is 29.8 Å². The van der Waals surface area contributed by atoms with E-state index in [0.29, 0.717) is 6.42 Å². The summed E-state index contributed by atoms with van der Waals surface area (Å²) in [6.07, 6.45) is 1.51. The first kappa shape index (κ1) is 19.0. The predicted molar refractivity (Wildman–Crippen MR) is 99.9 cm³/mol. The largest absolute Gasteiger partial charge is 0.242 e. The van der Waals surface area contributed by atoms with E-state index in [4.69, 9.17) is 0 Å². The first-order valence-electron chi connectivity index (χ1n) is 8.25. The Morgan fingerprint density at radius 3 is 2.38 bits per heavy atom. The molecule has 0 amide bonds. The molecule has 1 atom stereocenters. The summed E-state index contributed by atoms with van der Waals surface area (Å²) >= 11 is 0. The number of fused-ring (bicyclic) bond motifs is 1. The van der Waals surface area contributed by atoms with Gasteiger partial charge in [-0.25, -0.2) is 25.9 Å². The van der Waals surface area contributed by atoms with E-state index in [0.717, 1.165) is 27.4 Å². The number of hydrogen-bond acceptors (Lipinski definition) is 4. The first-order valence-corrected chi connectivity index (χ1v) is 11.2. The summed E-state index contributed by atoms with van der Waals surface area (Å²) in [7, 11) is -4.72. The molecule has 1 aliphatic rings. The van der Waals surface area contributed by atoms with Crippen LogP contribution in [0, 0.1) is 6.92 Å². The van der Waals surface area contributed by atoms with E-state index in [9.17, 15) is 16.8 Å². The molecule has 8 heteroatoms. The van der Waals surface area contributed by atoms with Crippen LogP contribution >= 0.6 is 0 Å². The summed E-state index contributed by atoms with van der Waals surface area (Å²) in [5.74, 6) is 0. The molecule has 2 aromatic carbocycles. The molecule has 1 unspecified atom stereocenters. The fourth-order valence-electron chi connectivity index (χ4n) is 3.14. The van der Waals surface area contributed by atoms with Crippen molar-refractivity contribution in [1.82, 2.24) is 9.03 Å². The van der Waals surface area contributed by atoms with Crippen molar-refractivity contribution in [2.45, 2.75) is 35.6 Å². The molecule has 1 aliphatic carbocycles. The first-order chi connectivity index (χ1) is 12.1. The van der Waals surface area contributed by atoms with Gasteiger partial charge in [-0.05, 0) is 49.1 Å². The molecular formula is C18H22N2O4S2. The maximum absolute atomic E-state index is 12.8. The zero-order chi connectivity index (χ0) is 19.1. The van der Waals surface area contributed by atoms with E-state index in [-0.39, 0.29) is 15.8 Å². The molecule has 0 radical (unpaired) electrons. The zero-order valence-corrected chi connectivity index (χ0v) is 16.6. The summed E-state index contributed by atoms with van der Waals surface area (Å²) in [6, 6.07) is 11.1. The van der Waals surface area contributed by atoms with Crippen LogP contribution in [0.25, 0.3) is 0 Å². The summed E-state index contributed by atoms with van der Waals surface area (Å²) < 4.78 is 53.9. The third-order valence-corrected chi connectivity index (χ3v) is 7.85. The molecule has 0 heterocycles. The van der Waals surface area contributed by atoms with Crippen molar-refractivity contribution < 1.29 is 16.8 Å². The Bertz CT molecular complexity index is 1040. The van der Waals surface area contributed by atoms with Crippen LogP contribution in [-0.4, -0.2) is 35.2 Å². The molecule has 140 valence electrons. The summed E-state index contributed by atoms with van der Waals surface area (Å²) in [4.78, 5) is -0.103. The Morgan fingerprint density at radius 2 is 1.69 bits per heavy atom. The molecule has 0 fully saturated rings. The number of sulfonamides is 2. The lowest BCUT2D eigenvalue weighted by molar-refractivity contribution is 0.520. The minimum atomic E-state index is -3.84. The summed E-state index contributed by atoms with van der Waals surface area (Å²) in [5.41, 5.74) is 3.28. The van der Waals surface area contributed by atoms with Crippen LogP contribution in [0.2, 0.25) is 0 Å². The Labute approximate surface area is 155 Å². The number of nitrogens with zero attached hydrogens (tertiary/aromatic N) is 1. The van der Waals surface area contributed by atoms with Crippen LogP contribution in [0.5, 0.6) is 0 Å². The van der Waals surface area contributed by atoms with Gasteiger partial charge in [0, 0.05) is 20.1 Å². The van der Waals surface area contributed by atoms with E-state index in [1.165, 1.54) is 38.4 Å². The van der Waals surface area contributed by atoms with Crippen LogP contribution in [0.1, 0.15) is 29.2 Å². The third-order valence-electron chi connectivity index (χ3n) is 4.57. The van der Waals surface area contributed by atoms with E-state index < -0.39 is 20.0 Å². The molecular weight excluding hydrogens is 372 g/mol. The monoisotopic (exact) mass is 394 g/mol. The highest BCUT2D eigenvalue weighted by molar-refractivity contribution is 7.90. The molecule has 0 saturated carbocycles. The maximum Gasteiger partial charge on any atom is 0.242 e. The molecule has 0 aliphatic heterocycles. The van der Waals surface area contributed by atoms with Crippen molar-refractivity contribution in [3.8, 4) is 0 Å². The molecule has 0 bridgehead atoms. The van der Waals surface area contributed by atoms with E-state index in [2.05, 4.69) is 10.8 Å². The van der Waals surface area contributed by atoms with Gasteiger partial charge in [-0.3, -0.25) is 0 Å². The highest BCUT2D eigenvalue weighted by Crippen LogP contribution is 2.33. The predicted octanol–water partition coefficient (Wildman–Crippen LogP) is 2.21. The number of hydrogen-bond donors (Lipinski definition) is 1. The van der Waals surface area contributed by atoms with Crippen molar-refractivity contribution >= 4 is 20.0 Å². The van der Waals surface area contributed by atoms with Gasteiger partial charge in [-0.2, -0.15) is 0 Å². The van der Waals surface area contributed by atoms with E-state index in [1.807, 2.05) is 19.1 Å². The lowest BCUT2D eigenvalue weighted by Gasteiger charge is -2.16. The number of rotatable bonds is 5. The highest BCUT2D eigenvalue weighted by Gasteiger charge is 2.28. The normalized spacial score (nSPS) is 17.5. The second-order valence-electron chi connectivity index (χ2n) is 6.68. The summed E-state index contributed by atoms with van der Waals surface area (Å²) in [5, 5.41) is 0. The van der Waals surface area contributed by atoms with Crippen molar-refractivity contribution in [3.05, 3.63) is 59.2 Å². The number of aryl methyl sites for hydroxylation is 2. The molecule has 0 saturated heterocycles. The second-order valence-corrected chi connectivity index (χ2v) is 10.5. The van der Waals surface area contributed by atoms with Crippen molar-refractivity contribution in [2.24, 2.45) is 0 Å². The quantitative estimate of drug-likeness (QED) is 0.843. The van der Waals surface area contributed by atoms with Crippen LogP contribution in [0.15, 0.2) is 52.3 Å². The van der Waals surface area contributed by atoms with Crippen molar-refractivity contribution in [2.75, 3.05) is 14.1 Å². The molecule has 26 heavy (non-hydrogen) atoms. The van der Waals surface area contributed by atoms with Crippen LogP contribution in [-0.2, 0) is 26.5 Å². The molecule has 0 aromatic heterocycles. The molecule has 6 nitrogen and oxygen atoms in total. The van der Waals surface area contributed by atoms with Gasteiger partial charge in [0.15, 0.2) is 0 Å². The SMILES string of the molecule is Cc1ccc2c(c1)CCC2NS(=O)(=O)c1cccc(S(=O)(=O)N(C)C)c1.